The van der Waals surface area contributed by atoms with Crippen LogP contribution in [0.5, 0.6) is 0 Å². The van der Waals surface area contributed by atoms with Crippen LogP contribution in [-0.4, -0.2) is 18.9 Å². The summed E-state index contributed by atoms with van der Waals surface area (Å²) < 4.78 is 5.58. The molecule has 15 heavy (non-hydrogen) atoms. The summed E-state index contributed by atoms with van der Waals surface area (Å²) in [7, 11) is 2.78. The van der Waals surface area contributed by atoms with Gasteiger partial charge in [0.2, 0.25) is 0 Å². The quantitative estimate of drug-likeness (QED) is 0.714. The third kappa shape index (κ3) is 3.03. The molecule has 1 aliphatic rings. The summed E-state index contributed by atoms with van der Waals surface area (Å²) in [5.41, 5.74) is 0.756. The summed E-state index contributed by atoms with van der Waals surface area (Å²) in [6.07, 6.45) is 5.81. The topological polar surface area (TPSA) is 9.23 Å². The van der Waals surface area contributed by atoms with Gasteiger partial charge in [0.25, 0.3) is 0 Å². The second kappa shape index (κ2) is 5.63. The van der Waals surface area contributed by atoms with Crippen molar-refractivity contribution in [1.82, 2.24) is 0 Å². The Balaban J connectivity index is 1.97. The lowest BCUT2D eigenvalue weighted by Crippen LogP contribution is -2.29. The van der Waals surface area contributed by atoms with Crippen LogP contribution in [-0.2, 0) is 4.74 Å². The largest absolute Gasteiger partial charge is 0.381 e. The summed E-state index contributed by atoms with van der Waals surface area (Å²) in [6, 6.07) is 10.8. The molecule has 0 saturated heterocycles. The van der Waals surface area contributed by atoms with Gasteiger partial charge in [-0.3, -0.25) is 0 Å². The lowest BCUT2D eigenvalue weighted by Gasteiger charge is -2.30. The first-order chi connectivity index (χ1) is 7.40. The third-order valence-electron chi connectivity index (χ3n) is 3.13. The molecule has 2 rings (SSSR count). The Morgan fingerprint density at radius 2 is 1.87 bits per heavy atom. The predicted molar refractivity (Wildman–Crippen MR) is 67.4 cm³/mol. The summed E-state index contributed by atoms with van der Waals surface area (Å²) in [6.45, 7) is 0. The van der Waals surface area contributed by atoms with Crippen LogP contribution in [0.25, 0.3) is 0 Å². The van der Waals surface area contributed by atoms with Crippen molar-refractivity contribution in [3.63, 3.8) is 0 Å². The van der Waals surface area contributed by atoms with Crippen LogP contribution in [0.1, 0.15) is 25.7 Å². The Bertz CT molecular complexity index is 286. The van der Waals surface area contributed by atoms with Gasteiger partial charge in [-0.15, -0.1) is 0 Å². The van der Waals surface area contributed by atoms with Crippen molar-refractivity contribution < 1.29 is 4.74 Å². The van der Waals surface area contributed by atoms with Crippen LogP contribution in [0.15, 0.2) is 30.3 Å². The van der Waals surface area contributed by atoms with Crippen molar-refractivity contribution in [1.29, 1.82) is 0 Å². The van der Waals surface area contributed by atoms with Crippen molar-refractivity contribution >= 4 is 13.9 Å². The van der Waals surface area contributed by atoms with Crippen LogP contribution in [0.3, 0.4) is 0 Å². The molecule has 0 heterocycles. The molecule has 1 aromatic carbocycles. The van der Waals surface area contributed by atoms with Crippen molar-refractivity contribution in [2.45, 2.75) is 37.4 Å². The highest BCUT2D eigenvalue weighted by Crippen LogP contribution is 2.33. The fourth-order valence-electron chi connectivity index (χ4n) is 2.29. The van der Waals surface area contributed by atoms with E-state index in [1.165, 1.54) is 31.0 Å². The van der Waals surface area contributed by atoms with Crippen molar-refractivity contribution in [2.24, 2.45) is 0 Å². The molecule has 1 saturated carbocycles. The van der Waals surface area contributed by atoms with E-state index in [2.05, 4.69) is 30.3 Å². The van der Waals surface area contributed by atoms with E-state index in [4.69, 9.17) is 4.74 Å². The Morgan fingerprint density at radius 1 is 1.13 bits per heavy atom. The molecule has 0 spiro atoms. The lowest BCUT2D eigenvalue weighted by molar-refractivity contribution is 0.0757. The van der Waals surface area contributed by atoms with Crippen LogP contribution < -0.4 is 5.30 Å². The molecule has 0 aromatic heterocycles. The fraction of sp³-hybridized carbons (Fsp3) is 0.538. The number of ether oxygens (including phenoxy) is 1. The maximum absolute atomic E-state index is 5.58. The fourth-order valence-corrected chi connectivity index (χ4v) is 3.94. The van der Waals surface area contributed by atoms with Crippen molar-refractivity contribution in [2.75, 3.05) is 7.11 Å². The van der Waals surface area contributed by atoms with Gasteiger partial charge in [-0.05, 0) is 18.1 Å². The van der Waals surface area contributed by atoms with Crippen molar-refractivity contribution in [3.8, 4) is 0 Å². The van der Waals surface area contributed by atoms with E-state index in [0.717, 1.165) is 14.2 Å². The smallest absolute Gasteiger partial charge is 0.0639 e. The molecule has 0 N–H and O–H groups in total. The second-order valence-electron chi connectivity index (χ2n) is 4.18. The van der Waals surface area contributed by atoms with Gasteiger partial charge in [-0.1, -0.05) is 51.8 Å². The average Bonchev–Trinajstić information content (AvgIpc) is 2.31. The molecule has 82 valence electrons. The molecular weight excluding hydrogens is 203 g/mol. The minimum atomic E-state index is 0.497. The number of methoxy groups -OCH3 is 1. The minimum absolute atomic E-state index is 0.497. The van der Waals surface area contributed by atoms with E-state index >= 15 is 0 Å². The zero-order valence-electron chi connectivity index (χ0n) is 9.28. The van der Waals surface area contributed by atoms with Gasteiger partial charge in [0.05, 0.1) is 6.10 Å². The van der Waals surface area contributed by atoms with Crippen LogP contribution in [0.4, 0.5) is 0 Å². The third-order valence-corrected chi connectivity index (χ3v) is 4.83. The van der Waals surface area contributed by atoms with Crippen molar-refractivity contribution in [3.05, 3.63) is 30.3 Å². The molecular formula is C13H19OP. The van der Waals surface area contributed by atoms with E-state index in [0.29, 0.717) is 6.10 Å². The summed E-state index contributed by atoms with van der Waals surface area (Å²) in [5.74, 6) is 0. The van der Waals surface area contributed by atoms with Crippen LogP contribution >= 0.6 is 8.58 Å². The highest BCUT2D eigenvalue weighted by atomic mass is 31.1. The molecule has 3 atom stereocenters. The van der Waals surface area contributed by atoms with Crippen LogP contribution in [0.2, 0.25) is 0 Å². The molecule has 0 bridgehead atoms. The number of rotatable bonds is 3. The molecule has 1 aliphatic carbocycles. The van der Waals surface area contributed by atoms with Gasteiger partial charge >= 0.3 is 0 Å². The molecule has 0 amide bonds. The van der Waals surface area contributed by atoms with Gasteiger partial charge in [0.1, 0.15) is 0 Å². The Kier molecular flexibility index (Phi) is 4.17. The monoisotopic (exact) mass is 222 g/mol. The molecule has 1 aromatic rings. The average molecular weight is 222 g/mol. The predicted octanol–water partition coefficient (Wildman–Crippen LogP) is 2.95. The first kappa shape index (κ1) is 11.1. The van der Waals surface area contributed by atoms with E-state index in [1.807, 2.05) is 7.11 Å². The molecule has 0 radical (unpaired) electrons. The highest BCUT2D eigenvalue weighted by Gasteiger charge is 2.24. The first-order valence-corrected chi connectivity index (χ1v) is 6.82. The molecule has 1 nitrogen and oxygen atoms in total. The molecule has 1 fully saturated rings. The van der Waals surface area contributed by atoms with Gasteiger partial charge in [0.15, 0.2) is 0 Å². The normalized spacial score (nSPS) is 27.3. The number of hydrogen-bond acceptors (Lipinski definition) is 1. The maximum Gasteiger partial charge on any atom is 0.0639 e. The standard InChI is InChI=1S/C13H19OP/c1-14-12-9-5-6-10-13(12)15-11-7-3-2-4-8-11/h2-4,7-8,12-13,15H,5-6,9-10H2,1H3. The van der Waals surface area contributed by atoms with E-state index in [1.54, 1.807) is 0 Å². The lowest BCUT2D eigenvalue weighted by atomic mass is 9.97. The summed E-state index contributed by atoms with van der Waals surface area (Å²) in [4.78, 5) is 0. The summed E-state index contributed by atoms with van der Waals surface area (Å²) in [5, 5.41) is 1.48. The Hall–Kier alpha value is -0.390. The minimum Gasteiger partial charge on any atom is -0.381 e. The maximum atomic E-state index is 5.58. The van der Waals surface area contributed by atoms with E-state index in [-0.39, 0.29) is 0 Å². The second-order valence-corrected chi connectivity index (χ2v) is 5.78. The molecule has 2 heteroatoms. The van der Waals surface area contributed by atoms with E-state index in [9.17, 15) is 0 Å². The zero-order valence-corrected chi connectivity index (χ0v) is 10.3. The Morgan fingerprint density at radius 3 is 2.60 bits per heavy atom. The highest BCUT2D eigenvalue weighted by molar-refractivity contribution is 7.48. The number of benzene rings is 1. The van der Waals surface area contributed by atoms with Gasteiger partial charge in [-0.25, -0.2) is 0 Å². The Labute approximate surface area is 94.0 Å². The first-order valence-electron chi connectivity index (χ1n) is 5.74. The van der Waals surface area contributed by atoms with Gasteiger partial charge in [0, 0.05) is 12.8 Å². The van der Waals surface area contributed by atoms with Gasteiger partial charge in [-0.2, -0.15) is 0 Å². The van der Waals surface area contributed by atoms with Crippen LogP contribution in [0, 0.1) is 0 Å². The van der Waals surface area contributed by atoms with E-state index < -0.39 is 0 Å². The SMILES string of the molecule is COC1CCCCC1Pc1ccccc1. The number of hydrogen-bond donors (Lipinski definition) is 0. The van der Waals surface area contributed by atoms with Gasteiger partial charge < -0.3 is 4.74 Å². The zero-order chi connectivity index (χ0) is 10.5. The molecule has 0 aliphatic heterocycles. The molecule has 3 unspecified atom stereocenters. The summed E-state index contributed by atoms with van der Waals surface area (Å²) >= 11 is 0.